The van der Waals surface area contributed by atoms with Crippen molar-refractivity contribution in [3.63, 3.8) is 0 Å². The summed E-state index contributed by atoms with van der Waals surface area (Å²) in [5, 5.41) is 13.2. The van der Waals surface area contributed by atoms with Crippen LogP contribution in [0.1, 0.15) is 42.7 Å². The van der Waals surface area contributed by atoms with Crippen LogP contribution in [-0.4, -0.2) is 32.1 Å². The number of nitriles is 1. The molecule has 196 valence electrons. The van der Waals surface area contributed by atoms with Crippen molar-refractivity contribution in [2.75, 3.05) is 24.4 Å². The van der Waals surface area contributed by atoms with Gasteiger partial charge in [0.15, 0.2) is 0 Å². The maximum Gasteiger partial charge on any atom is 0.355 e. The highest BCUT2D eigenvalue weighted by atomic mass is 16.5. The molecule has 1 aliphatic carbocycles. The molecule has 1 amide bonds. The highest BCUT2D eigenvalue weighted by Crippen LogP contribution is 2.43. The predicted octanol–water partition coefficient (Wildman–Crippen LogP) is 4.02. The molecule has 3 N–H and O–H groups in total. The lowest BCUT2D eigenvalue weighted by molar-refractivity contribution is -0.139. The number of nitrogens with zero attached hydrogens (tertiary/aromatic N) is 2. The predicted molar refractivity (Wildman–Crippen MR) is 141 cm³/mol. The van der Waals surface area contributed by atoms with Crippen molar-refractivity contribution < 1.29 is 23.9 Å². The van der Waals surface area contributed by atoms with Crippen LogP contribution in [0.15, 0.2) is 71.2 Å². The minimum Gasteiger partial charge on any atom is -0.466 e. The second-order valence-corrected chi connectivity index (χ2v) is 9.31. The second-order valence-electron chi connectivity index (χ2n) is 9.31. The Morgan fingerprint density at radius 2 is 1.68 bits per heavy atom. The van der Waals surface area contributed by atoms with Gasteiger partial charge in [0.05, 0.1) is 37.4 Å². The second kappa shape index (κ2) is 11.2. The van der Waals surface area contributed by atoms with E-state index in [2.05, 4.69) is 11.4 Å². The van der Waals surface area contributed by atoms with Crippen LogP contribution in [0.4, 0.5) is 11.4 Å². The number of hydrogen-bond donors (Lipinski definition) is 2. The zero-order valence-electron chi connectivity index (χ0n) is 21.6. The van der Waals surface area contributed by atoms with Gasteiger partial charge in [0.2, 0.25) is 5.91 Å². The normalized spacial score (nSPS) is 17.7. The summed E-state index contributed by atoms with van der Waals surface area (Å²) in [5.74, 6) is -2.58. The van der Waals surface area contributed by atoms with Crippen molar-refractivity contribution in [1.29, 1.82) is 5.26 Å². The Labute approximate surface area is 221 Å². The molecular weight excluding hydrogens is 484 g/mol. The number of amides is 1. The molecule has 1 aliphatic heterocycles. The summed E-state index contributed by atoms with van der Waals surface area (Å²) in [5.41, 5.74) is 8.78. The van der Waals surface area contributed by atoms with Gasteiger partial charge in [-0.15, -0.1) is 0 Å². The van der Waals surface area contributed by atoms with E-state index in [1.54, 1.807) is 48.5 Å². The molecular formula is C29H30N4O5. The average molecular weight is 515 g/mol. The number of esters is 2. The number of carbonyl (C=O) groups excluding carboxylic acids is 3. The van der Waals surface area contributed by atoms with Gasteiger partial charge in [-0.05, 0) is 49.1 Å². The van der Waals surface area contributed by atoms with Crippen LogP contribution in [0.2, 0.25) is 0 Å². The molecule has 1 fully saturated rings. The van der Waals surface area contributed by atoms with Gasteiger partial charge in [0, 0.05) is 17.3 Å². The third-order valence-electron chi connectivity index (χ3n) is 7.06. The minimum atomic E-state index is -0.940. The number of nitrogens with two attached hydrogens (primary N) is 1. The fourth-order valence-corrected chi connectivity index (χ4v) is 5.13. The van der Waals surface area contributed by atoms with Gasteiger partial charge in [-0.25, -0.2) is 9.59 Å². The molecule has 2 aromatic rings. The number of aryl methyl sites for hydroxylation is 1. The summed E-state index contributed by atoms with van der Waals surface area (Å²) < 4.78 is 10.1. The van der Waals surface area contributed by atoms with Gasteiger partial charge in [-0.2, -0.15) is 5.26 Å². The van der Waals surface area contributed by atoms with Crippen LogP contribution in [0, 0.1) is 24.2 Å². The standard InChI is InChI=1S/C29H30N4O5/c1-17-15-20(13-14-22(17)32-27(34)19-11-7-8-12-19)33-25(29(36)38-3)24(28(35)37-2)23(21(16-30)26(33)31)18-9-5-4-6-10-18/h4-6,9-10,13-15,19,23H,7-8,11-12,31H2,1-3H3,(H,32,34). The van der Waals surface area contributed by atoms with E-state index in [0.717, 1.165) is 25.7 Å². The first kappa shape index (κ1) is 26.5. The van der Waals surface area contributed by atoms with Crippen molar-refractivity contribution in [2.24, 2.45) is 11.7 Å². The van der Waals surface area contributed by atoms with Crippen molar-refractivity contribution in [3.05, 3.63) is 82.3 Å². The number of benzene rings is 2. The first-order valence-corrected chi connectivity index (χ1v) is 12.4. The van der Waals surface area contributed by atoms with Crippen molar-refractivity contribution >= 4 is 29.2 Å². The Hall–Kier alpha value is -4.58. The van der Waals surface area contributed by atoms with Crippen LogP contribution in [0.3, 0.4) is 0 Å². The number of anilines is 2. The van der Waals surface area contributed by atoms with Crippen LogP contribution >= 0.6 is 0 Å². The summed E-state index contributed by atoms with van der Waals surface area (Å²) >= 11 is 0. The van der Waals surface area contributed by atoms with E-state index in [1.165, 1.54) is 19.1 Å². The number of hydrogen-bond acceptors (Lipinski definition) is 8. The number of rotatable bonds is 6. The zero-order chi connectivity index (χ0) is 27.4. The topological polar surface area (TPSA) is 135 Å². The maximum absolute atomic E-state index is 13.2. The summed E-state index contributed by atoms with van der Waals surface area (Å²) in [7, 11) is 2.41. The first-order chi connectivity index (χ1) is 18.3. The van der Waals surface area contributed by atoms with E-state index >= 15 is 0 Å². The minimum absolute atomic E-state index is 0.000620. The molecule has 0 radical (unpaired) electrons. The van der Waals surface area contributed by atoms with Crippen LogP contribution in [0.25, 0.3) is 0 Å². The van der Waals surface area contributed by atoms with Crippen molar-refractivity contribution in [1.82, 2.24) is 0 Å². The molecule has 1 unspecified atom stereocenters. The van der Waals surface area contributed by atoms with Crippen molar-refractivity contribution in [2.45, 2.75) is 38.5 Å². The van der Waals surface area contributed by atoms with E-state index in [4.69, 9.17) is 15.2 Å². The Kier molecular flexibility index (Phi) is 7.82. The molecule has 2 aromatic carbocycles. The third kappa shape index (κ3) is 4.85. The molecule has 38 heavy (non-hydrogen) atoms. The maximum atomic E-state index is 13.2. The lowest BCUT2D eigenvalue weighted by Gasteiger charge is -2.36. The molecule has 2 aliphatic rings. The molecule has 1 atom stereocenters. The number of ether oxygens (including phenoxy) is 2. The number of methoxy groups -OCH3 is 2. The molecule has 0 bridgehead atoms. The van der Waals surface area contributed by atoms with Crippen LogP contribution < -0.4 is 16.0 Å². The van der Waals surface area contributed by atoms with Gasteiger partial charge in [0.25, 0.3) is 0 Å². The van der Waals surface area contributed by atoms with Gasteiger partial charge in [-0.3, -0.25) is 9.69 Å². The van der Waals surface area contributed by atoms with E-state index < -0.39 is 17.9 Å². The van der Waals surface area contributed by atoms with Crippen LogP contribution in [-0.2, 0) is 23.9 Å². The molecule has 4 rings (SSSR count). The molecule has 0 saturated heterocycles. The summed E-state index contributed by atoms with van der Waals surface area (Å²) in [4.78, 5) is 40.4. The fraction of sp³-hybridized carbons (Fsp3) is 0.310. The van der Waals surface area contributed by atoms with Crippen molar-refractivity contribution in [3.8, 4) is 6.07 Å². The van der Waals surface area contributed by atoms with E-state index in [0.29, 0.717) is 22.5 Å². The Morgan fingerprint density at radius 3 is 2.26 bits per heavy atom. The van der Waals surface area contributed by atoms with Gasteiger partial charge >= 0.3 is 11.9 Å². The van der Waals surface area contributed by atoms with E-state index in [9.17, 15) is 19.6 Å². The van der Waals surface area contributed by atoms with Gasteiger partial charge < -0.3 is 20.5 Å². The first-order valence-electron chi connectivity index (χ1n) is 12.4. The SMILES string of the molecule is COC(=O)C1=C(C(=O)OC)N(c2ccc(NC(=O)C3CCCC3)c(C)c2)C(N)=C(C#N)C1c1ccccc1. The Morgan fingerprint density at radius 1 is 1.03 bits per heavy atom. The fourth-order valence-electron chi connectivity index (χ4n) is 5.13. The van der Waals surface area contributed by atoms with Crippen LogP contribution in [0.5, 0.6) is 0 Å². The lowest BCUT2D eigenvalue weighted by Crippen LogP contribution is -2.40. The largest absolute Gasteiger partial charge is 0.466 e. The quantitative estimate of drug-likeness (QED) is 0.552. The van der Waals surface area contributed by atoms with Gasteiger partial charge in [-0.1, -0.05) is 43.2 Å². The van der Waals surface area contributed by atoms with E-state index in [-0.39, 0.29) is 34.5 Å². The highest BCUT2D eigenvalue weighted by Gasteiger charge is 2.43. The molecule has 1 saturated carbocycles. The number of carbonyl (C=O) groups is 3. The van der Waals surface area contributed by atoms with E-state index in [1.807, 2.05) is 6.92 Å². The van der Waals surface area contributed by atoms with Gasteiger partial charge in [0.1, 0.15) is 11.5 Å². The highest BCUT2D eigenvalue weighted by molar-refractivity contribution is 6.06. The smallest absolute Gasteiger partial charge is 0.355 e. The number of nitrogens with one attached hydrogen (secondary N) is 1. The summed E-state index contributed by atoms with van der Waals surface area (Å²) in [6, 6.07) is 16.1. The summed E-state index contributed by atoms with van der Waals surface area (Å²) in [6.45, 7) is 1.82. The zero-order valence-corrected chi connectivity index (χ0v) is 21.6. The third-order valence-corrected chi connectivity index (χ3v) is 7.06. The monoisotopic (exact) mass is 514 g/mol. The Bertz CT molecular complexity index is 1370. The Balaban J connectivity index is 1.86. The molecule has 9 nitrogen and oxygen atoms in total. The molecule has 0 aromatic heterocycles. The molecule has 1 heterocycles. The average Bonchev–Trinajstić information content (AvgIpc) is 3.48. The summed E-state index contributed by atoms with van der Waals surface area (Å²) in [6.07, 6.45) is 3.85. The number of allylic oxidation sites excluding steroid dienone is 1. The molecule has 9 heteroatoms. The molecule has 0 spiro atoms. The lowest BCUT2D eigenvalue weighted by atomic mass is 9.81.